The summed E-state index contributed by atoms with van der Waals surface area (Å²) in [5.41, 5.74) is 6.05. The smallest absolute Gasteiger partial charge is 0.317 e. The predicted octanol–water partition coefficient (Wildman–Crippen LogP) is 2.97. The SMILES string of the molecule is Cc1n[nH]c(C)c1[C@@H](C)NC(=O)N1CCCN(C2Cc3ccccc3C2)CC1. The third-order valence-electron chi connectivity index (χ3n) is 6.32. The highest BCUT2D eigenvalue weighted by molar-refractivity contribution is 5.74. The number of H-pyrrole nitrogens is 1. The van der Waals surface area contributed by atoms with E-state index in [-0.39, 0.29) is 12.1 Å². The molecule has 1 aromatic heterocycles. The van der Waals surface area contributed by atoms with Crippen LogP contribution in [0.4, 0.5) is 4.79 Å². The first-order chi connectivity index (χ1) is 13.5. The number of hydrogen-bond acceptors (Lipinski definition) is 3. The minimum Gasteiger partial charge on any atom is -0.331 e. The fraction of sp³-hybridized carbons (Fsp3) is 0.545. The van der Waals surface area contributed by atoms with Gasteiger partial charge in [-0.1, -0.05) is 24.3 Å². The average Bonchev–Trinajstić information content (AvgIpc) is 3.15. The van der Waals surface area contributed by atoms with Gasteiger partial charge in [-0.15, -0.1) is 0 Å². The molecule has 2 amide bonds. The van der Waals surface area contributed by atoms with E-state index >= 15 is 0 Å². The normalized spacial score (nSPS) is 19.3. The second kappa shape index (κ2) is 7.95. The van der Waals surface area contributed by atoms with Crippen LogP contribution in [0.25, 0.3) is 0 Å². The van der Waals surface area contributed by atoms with Crippen LogP contribution in [-0.2, 0) is 12.8 Å². The van der Waals surface area contributed by atoms with Crippen LogP contribution in [0.3, 0.4) is 0 Å². The van der Waals surface area contributed by atoms with Crippen LogP contribution in [0.5, 0.6) is 0 Å². The molecule has 0 radical (unpaired) electrons. The van der Waals surface area contributed by atoms with Crippen LogP contribution in [0, 0.1) is 13.8 Å². The highest BCUT2D eigenvalue weighted by Gasteiger charge is 2.29. The van der Waals surface area contributed by atoms with Gasteiger partial charge >= 0.3 is 6.03 Å². The highest BCUT2D eigenvalue weighted by Crippen LogP contribution is 2.26. The van der Waals surface area contributed by atoms with Crippen molar-refractivity contribution < 1.29 is 4.79 Å². The molecule has 0 bridgehead atoms. The number of aryl methyl sites for hydroxylation is 2. The summed E-state index contributed by atoms with van der Waals surface area (Å²) in [5, 5.41) is 10.4. The Labute approximate surface area is 167 Å². The van der Waals surface area contributed by atoms with Crippen LogP contribution < -0.4 is 5.32 Å². The standard InChI is InChI=1S/C22H31N5O/c1-15(21-16(2)24-25-17(21)3)23-22(28)27-10-6-9-26(11-12-27)20-13-18-7-4-5-8-19(18)14-20/h4-5,7-8,15,20H,6,9-14H2,1-3H3,(H,23,28)(H,24,25)/t15-/m1/s1. The fourth-order valence-electron chi connectivity index (χ4n) is 4.85. The molecule has 28 heavy (non-hydrogen) atoms. The van der Waals surface area contributed by atoms with E-state index in [4.69, 9.17) is 0 Å². The van der Waals surface area contributed by atoms with Gasteiger partial charge < -0.3 is 10.2 Å². The number of nitrogens with zero attached hydrogens (tertiary/aromatic N) is 3. The largest absolute Gasteiger partial charge is 0.331 e. The molecule has 2 aromatic rings. The lowest BCUT2D eigenvalue weighted by Crippen LogP contribution is -2.44. The second-order valence-electron chi connectivity index (χ2n) is 8.23. The summed E-state index contributed by atoms with van der Waals surface area (Å²) >= 11 is 0. The van der Waals surface area contributed by atoms with Crippen LogP contribution in [0.2, 0.25) is 0 Å². The maximum atomic E-state index is 12.9. The third kappa shape index (κ3) is 3.78. The zero-order valence-electron chi connectivity index (χ0n) is 17.2. The Morgan fingerprint density at radius 3 is 2.50 bits per heavy atom. The molecular formula is C22H31N5O. The van der Waals surface area contributed by atoms with Gasteiger partial charge in [0.1, 0.15) is 0 Å². The topological polar surface area (TPSA) is 64.3 Å². The summed E-state index contributed by atoms with van der Waals surface area (Å²) in [4.78, 5) is 17.4. The monoisotopic (exact) mass is 381 g/mol. The van der Waals surface area contributed by atoms with Gasteiger partial charge in [-0.25, -0.2) is 4.79 Å². The molecule has 6 heteroatoms. The number of nitrogens with one attached hydrogen (secondary N) is 2. The van der Waals surface area contributed by atoms with E-state index in [1.54, 1.807) is 0 Å². The van der Waals surface area contributed by atoms with Crippen molar-refractivity contribution in [1.29, 1.82) is 0 Å². The third-order valence-corrected chi connectivity index (χ3v) is 6.32. The van der Waals surface area contributed by atoms with Gasteiger partial charge in [0.2, 0.25) is 0 Å². The Morgan fingerprint density at radius 1 is 1.14 bits per heavy atom. The van der Waals surface area contributed by atoms with Crippen molar-refractivity contribution in [3.05, 3.63) is 52.3 Å². The van der Waals surface area contributed by atoms with Crippen molar-refractivity contribution in [1.82, 2.24) is 25.3 Å². The minimum atomic E-state index is -0.0464. The van der Waals surface area contributed by atoms with Gasteiger partial charge in [-0.05, 0) is 51.2 Å². The maximum absolute atomic E-state index is 12.9. The van der Waals surface area contributed by atoms with E-state index in [0.717, 1.165) is 62.4 Å². The molecule has 2 aliphatic rings. The van der Waals surface area contributed by atoms with Crippen molar-refractivity contribution in [2.24, 2.45) is 0 Å². The van der Waals surface area contributed by atoms with E-state index in [1.165, 1.54) is 11.1 Å². The molecule has 2 N–H and O–H groups in total. The van der Waals surface area contributed by atoms with E-state index < -0.39 is 0 Å². The Morgan fingerprint density at radius 2 is 1.86 bits per heavy atom. The maximum Gasteiger partial charge on any atom is 0.317 e. The van der Waals surface area contributed by atoms with Crippen molar-refractivity contribution in [3.8, 4) is 0 Å². The van der Waals surface area contributed by atoms with Crippen molar-refractivity contribution in [2.75, 3.05) is 26.2 Å². The lowest BCUT2D eigenvalue weighted by molar-refractivity contribution is 0.186. The molecular weight excluding hydrogens is 350 g/mol. The summed E-state index contributed by atoms with van der Waals surface area (Å²) in [6.45, 7) is 9.63. The molecule has 1 aromatic carbocycles. The molecule has 4 rings (SSSR count). The van der Waals surface area contributed by atoms with Crippen molar-refractivity contribution in [2.45, 2.75) is 52.1 Å². The van der Waals surface area contributed by atoms with Gasteiger partial charge in [0, 0.05) is 43.5 Å². The quantitative estimate of drug-likeness (QED) is 0.859. The summed E-state index contributed by atoms with van der Waals surface area (Å²) in [7, 11) is 0. The summed E-state index contributed by atoms with van der Waals surface area (Å²) in [6.07, 6.45) is 3.30. The number of carbonyl (C=O) groups excluding carboxylic acids is 1. The van der Waals surface area contributed by atoms with Crippen molar-refractivity contribution >= 4 is 6.03 Å². The summed E-state index contributed by atoms with van der Waals surface area (Å²) in [6, 6.07) is 9.36. The molecule has 1 saturated heterocycles. The molecule has 0 spiro atoms. The number of urea groups is 1. The van der Waals surface area contributed by atoms with Gasteiger partial charge in [0.15, 0.2) is 0 Å². The van der Waals surface area contributed by atoms with Gasteiger partial charge in [-0.2, -0.15) is 5.10 Å². The lowest BCUT2D eigenvalue weighted by Gasteiger charge is -2.28. The molecule has 1 fully saturated rings. The van der Waals surface area contributed by atoms with E-state index in [0.29, 0.717) is 6.04 Å². The molecule has 1 aliphatic carbocycles. The average molecular weight is 382 g/mol. The van der Waals surface area contributed by atoms with Crippen LogP contribution in [0.1, 0.15) is 47.5 Å². The first kappa shape index (κ1) is 19.0. The van der Waals surface area contributed by atoms with Crippen molar-refractivity contribution in [3.63, 3.8) is 0 Å². The minimum absolute atomic E-state index is 0.0315. The molecule has 150 valence electrons. The Kier molecular flexibility index (Phi) is 5.40. The highest BCUT2D eigenvalue weighted by atomic mass is 16.2. The second-order valence-corrected chi connectivity index (χ2v) is 8.23. The number of aromatic nitrogens is 2. The van der Waals surface area contributed by atoms with Gasteiger partial charge in [-0.3, -0.25) is 10.00 Å². The Hall–Kier alpha value is -2.34. The number of aromatic amines is 1. The van der Waals surface area contributed by atoms with E-state index in [2.05, 4.69) is 44.7 Å². The summed E-state index contributed by atoms with van der Waals surface area (Å²) in [5.74, 6) is 0. The predicted molar refractivity (Wildman–Crippen MR) is 110 cm³/mol. The number of hydrogen-bond donors (Lipinski definition) is 2. The van der Waals surface area contributed by atoms with Crippen LogP contribution >= 0.6 is 0 Å². The Balaban J connectivity index is 1.33. The first-order valence-corrected chi connectivity index (χ1v) is 10.4. The molecule has 1 aliphatic heterocycles. The Bertz CT molecular complexity index is 801. The number of benzene rings is 1. The van der Waals surface area contributed by atoms with E-state index in [9.17, 15) is 4.79 Å². The van der Waals surface area contributed by atoms with Gasteiger partial charge in [0.05, 0.1) is 11.7 Å². The fourth-order valence-corrected chi connectivity index (χ4v) is 4.85. The first-order valence-electron chi connectivity index (χ1n) is 10.4. The number of carbonyl (C=O) groups is 1. The molecule has 0 saturated carbocycles. The summed E-state index contributed by atoms with van der Waals surface area (Å²) < 4.78 is 0. The zero-order valence-corrected chi connectivity index (χ0v) is 17.2. The molecule has 0 unspecified atom stereocenters. The molecule has 6 nitrogen and oxygen atoms in total. The van der Waals surface area contributed by atoms with Crippen LogP contribution in [-0.4, -0.2) is 58.2 Å². The molecule has 2 heterocycles. The lowest BCUT2D eigenvalue weighted by atomic mass is 10.1. The zero-order chi connectivity index (χ0) is 19.7. The van der Waals surface area contributed by atoms with Gasteiger partial charge in [0.25, 0.3) is 0 Å². The van der Waals surface area contributed by atoms with Crippen LogP contribution in [0.15, 0.2) is 24.3 Å². The number of fused-ring (bicyclic) bond motifs is 1. The number of rotatable bonds is 3. The number of amides is 2. The van der Waals surface area contributed by atoms with E-state index in [1.807, 2.05) is 25.7 Å². The molecule has 1 atom stereocenters.